The van der Waals surface area contributed by atoms with E-state index in [1.54, 1.807) is 0 Å². The van der Waals surface area contributed by atoms with Crippen molar-refractivity contribution in [2.45, 2.75) is 12.8 Å². The molecule has 0 atom stereocenters. The normalized spacial score (nSPS) is 10.9. The van der Waals surface area contributed by atoms with Gasteiger partial charge in [-0.15, -0.1) is 0 Å². The highest BCUT2D eigenvalue weighted by Gasteiger charge is 2.04. The van der Waals surface area contributed by atoms with Crippen molar-refractivity contribution in [1.29, 1.82) is 0 Å². The van der Waals surface area contributed by atoms with Crippen molar-refractivity contribution >= 4 is 37.8 Å². The van der Waals surface area contributed by atoms with Crippen LogP contribution in [0.25, 0.3) is 10.4 Å². The molecular formula is C11H9Br2N3O2. The molecule has 0 fully saturated rings. The molecule has 18 heavy (non-hydrogen) atoms. The van der Waals surface area contributed by atoms with Crippen LogP contribution >= 0.6 is 31.9 Å². The highest BCUT2D eigenvalue weighted by atomic mass is 79.9. The zero-order valence-corrected chi connectivity index (χ0v) is 12.3. The van der Waals surface area contributed by atoms with Gasteiger partial charge in [0.1, 0.15) is 5.70 Å². The summed E-state index contributed by atoms with van der Waals surface area (Å²) in [4.78, 5) is 13.2. The molecule has 0 aliphatic heterocycles. The lowest BCUT2D eigenvalue weighted by atomic mass is 10.1. The molecule has 1 aromatic carbocycles. The minimum absolute atomic E-state index is 0.274. The summed E-state index contributed by atoms with van der Waals surface area (Å²) in [5, 5.41) is 11.9. The first kappa shape index (κ1) is 14.8. The Balaban J connectivity index is 2.76. The van der Waals surface area contributed by atoms with Crippen LogP contribution in [0.3, 0.4) is 0 Å². The third-order valence-electron chi connectivity index (χ3n) is 2.13. The number of nitrogens with zero attached hydrogens (tertiary/aromatic N) is 3. The van der Waals surface area contributed by atoms with Crippen LogP contribution in [-0.4, -0.2) is 11.1 Å². The molecular weight excluding hydrogens is 366 g/mol. The van der Waals surface area contributed by atoms with Crippen molar-refractivity contribution in [2.24, 2.45) is 5.11 Å². The third-order valence-corrected chi connectivity index (χ3v) is 3.40. The van der Waals surface area contributed by atoms with Gasteiger partial charge in [-0.3, -0.25) is 0 Å². The zero-order chi connectivity index (χ0) is 13.5. The van der Waals surface area contributed by atoms with Gasteiger partial charge in [0.05, 0.1) is 0 Å². The number of carboxylic acid groups (broad SMARTS) is 1. The van der Waals surface area contributed by atoms with E-state index >= 15 is 0 Å². The second-order valence-corrected chi connectivity index (χ2v) is 5.13. The first-order valence-electron chi connectivity index (χ1n) is 4.97. The third kappa shape index (κ3) is 4.52. The molecule has 0 radical (unpaired) electrons. The Labute approximate surface area is 120 Å². The molecule has 0 aromatic heterocycles. The molecule has 0 saturated carbocycles. The number of rotatable bonds is 5. The number of benzene rings is 1. The highest BCUT2D eigenvalue weighted by Crippen LogP contribution is 2.23. The van der Waals surface area contributed by atoms with Gasteiger partial charge in [0.2, 0.25) is 0 Å². The molecule has 0 bridgehead atoms. The first-order valence-corrected chi connectivity index (χ1v) is 6.55. The first-order chi connectivity index (χ1) is 8.54. The average molecular weight is 375 g/mol. The van der Waals surface area contributed by atoms with Gasteiger partial charge in [-0.25, -0.2) is 4.79 Å². The van der Waals surface area contributed by atoms with Crippen LogP contribution in [0.15, 0.2) is 44.0 Å². The Kier molecular flexibility index (Phi) is 5.91. The smallest absolute Gasteiger partial charge is 0.337 e. The highest BCUT2D eigenvalue weighted by molar-refractivity contribution is 9.11. The molecule has 0 unspecified atom stereocenters. The summed E-state index contributed by atoms with van der Waals surface area (Å²) in [6, 6.07) is 5.77. The molecule has 0 spiro atoms. The number of halogens is 2. The lowest BCUT2D eigenvalue weighted by Gasteiger charge is -2.03. The molecule has 1 N–H and O–H groups in total. The van der Waals surface area contributed by atoms with E-state index in [1.165, 1.54) is 6.08 Å². The predicted octanol–water partition coefficient (Wildman–Crippen LogP) is 4.42. The number of azide groups is 1. The molecule has 5 nitrogen and oxygen atoms in total. The van der Waals surface area contributed by atoms with Gasteiger partial charge < -0.3 is 5.11 Å². The summed E-state index contributed by atoms with van der Waals surface area (Å²) in [5.74, 6) is -1.22. The Hall–Kier alpha value is -1.30. The number of aliphatic carboxylic acids is 1. The molecule has 94 valence electrons. The number of hydrogen-bond donors (Lipinski definition) is 1. The number of hydrogen-bond acceptors (Lipinski definition) is 2. The Morgan fingerprint density at radius 1 is 1.50 bits per heavy atom. The van der Waals surface area contributed by atoms with Crippen LogP contribution in [-0.2, 0) is 11.2 Å². The topological polar surface area (TPSA) is 86.1 Å². The number of aryl methyl sites for hydroxylation is 1. The summed E-state index contributed by atoms with van der Waals surface area (Å²) in [7, 11) is 0. The Morgan fingerprint density at radius 2 is 2.22 bits per heavy atom. The van der Waals surface area contributed by atoms with Crippen LogP contribution < -0.4 is 0 Å². The second-order valence-electron chi connectivity index (χ2n) is 3.36. The van der Waals surface area contributed by atoms with Crippen molar-refractivity contribution in [3.63, 3.8) is 0 Å². The van der Waals surface area contributed by atoms with Crippen molar-refractivity contribution in [2.75, 3.05) is 0 Å². The van der Waals surface area contributed by atoms with Crippen molar-refractivity contribution in [3.8, 4) is 0 Å². The van der Waals surface area contributed by atoms with E-state index in [-0.39, 0.29) is 5.70 Å². The standard InChI is InChI=1S/C11H9Br2N3O2/c12-8-4-5-9(13)7(6-8)2-1-3-10(11(17)18)15-16-14/h3-6H,1-2H2,(H,17,18). The summed E-state index contributed by atoms with van der Waals surface area (Å²) in [5.41, 5.74) is 9.00. The van der Waals surface area contributed by atoms with E-state index in [2.05, 4.69) is 41.9 Å². The molecule has 1 rings (SSSR count). The van der Waals surface area contributed by atoms with Crippen molar-refractivity contribution in [3.05, 3.63) is 54.9 Å². The van der Waals surface area contributed by atoms with Gasteiger partial charge in [0.25, 0.3) is 0 Å². The molecule has 0 aliphatic rings. The van der Waals surface area contributed by atoms with Crippen LogP contribution in [0.5, 0.6) is 0 Å². The second kappa shape index (κ2) is 7.20. The number of carbonyl (C=O) groups is 1. The molecule has 0 saturated heterocycles. The zero-order valence-electron chi connectivity index (χ0n) is 9.18. The summed E-state index contributed by atoms with van der Waals surface area (Å²) in [6.45, 7) is 0. The minimum Gasteiger partial charge on any atom is -0.478 e. The fraction of sp³-hybridized carbons (Fsp3) is 0.182. The van der Waals surface area contributed by atoms with Crippen molar-refractivity contribution < 1.29 is 9.90 Å². The lowest BCUT2D eigenvalue weighted by molar-refractivity contribution is -0.132. The summed E-state index contributed by atoms with van der Waals surface area (Å²) in [6.07, 6.45) is 2.54. The Morgan fingerprint density at radius 3 is 2.83 bits per heavy atom. The largest absolute Gasteiger partial charge is 0.478 e. The quantitative estimate of drug-likeness (QED) is 0.358. The van der Waals surface area contributed by atoms with E-state index in [4.69, 9.17) is 10.6 Å². The van der Waals surface area contributed by atoms with Gasteiger partial charge in [-0.05, 0) is 42.1 Å². The lowest BCUT2D eigenvalue weighted by Crippen LogP contribution is -1.97. The summed E-state index contributed by atoms with van der Waals surface area (Å²) >= 11 is 6.79. The predicted molar refractivity (Wildman–Crippen MR) is 75.0 cm³/mol. The van der Waals surface area contributed by atoms with Crippen LogP contribution in [0.1, 0.15) is 12.0 Å². The monoisotopic (exact) mass is 373 g/mol. The van der Waals surface area contributed by atoms with Gasteiger partial charge >= 0.3 is 5.97 Å². The van der Waals surface area contributed by atoms with Crippen LogP contribution in [0, 0.1) is 0 Å². The molecule has 0 amide bonds. The molecule has 0 aliphatic carbocycles. The average Bonchev–Trinajstić information content (AvgIpc) is 2.32. The van der Waals surface area contributed by atoms with Gasteiger partial charge in [-0.2, -0.15) is 0 Å². The molecule has 7 heteroatoms. The maximum absolute atomic E-state index is 10.7. The summed E-state index contributed by atoms with van der Waals surface area (Å²) < 4.78 is 1.91. The van der Waals surface area contributed by atoms with E-state index in [1.807, 2.05) is 18.2 Å². The van der Waals surface area contributed by atoms with Crippen LogP contribution in [0.4, 0.5) is 0 Å². The van der Waals surface area contributed by atoms with Crippen molar-refractivity contribution in [1.82, 2.24) is 0 Å². The van der Waals surface area contributed by atoms with E-state index in [9.17, 15) is 4.79 Å². The van der Waals surface area contributed by atoms with E-state index < -0.39 is 5.97 Å². The maximum Gasteiger partial charge on any atom is 0.337 e. The maximum atomic E-state index is 10.7. The van der Waals surface area contributed by atoms with Crippen LogP contribution in [0.2, 0.25) is 0 Å². The van der Waals surface area contributed by atoms with E-state index in [0.717, 1.165) is 14.5 Å². The number of carboxylic acids is 1. The molecule has 0 heterocycles. The SMILES string of the molecule is [N-]=[N+]=NC(=CCCc1cc(Br)ccc1Br)C(=O)O. The minimum atomic E-state index is -1.22. The number of allylic oxidation sites excluding steroid dienone is 1. The van der Waals surface area contributed by atoms with Gasteiger partial charge in [0.15, 0.2) is 0 Å². The van der Waals surface area contributed by atoms with Gasteiger partial charge in [0, 0.05) is 13.9 Å². The fourth-order valence-electron chi connectivity index (χ4n) is 1.32. The Bertz CT molecular complexity index is 533. The van der Waals surface area contributed by atoms with Gasteiger partial charge in [-0.1, -0.05) is 43.1 Å². The van der Waals surface area contributed by atoms with E-state index in [0.29, 0.717) is 12.8 Å². The molecule has 1 aromatic rings. The fourth-order valence-corrected chi connectivity index (χ4v) is 2.17.